The molecule has 2 unspecified atom stereocenters. The number of sulfone groups is 1. The second-order valence-corrected chi connectivity index (χ2v) is 10.1. The van der Waals surface area contributed by atoms with Crippen LogP contribution >= 0.6 is 11.3 Å². The van der Waals surface area contributed by atoms with Crippen LogP contribution in [-0.2, 0) is 9.84 Å². The SMILES string of the molecule is Cc1nc(C(=O)N2CC3c4cc(-c5ccoc5)ccc4S(=O)(=O)C3C2)cs1. The molecular formula is C19H16N2O4S2. The Balaban J connectivity index is 1.52. The van der Waals surface area contributed by atoms with Crippen molar-refractivity contribution in [3.05, 3.63) is 58.4 Å². The average molecular weight is 400 g/mol. The fraction of sp³-hybridized carbons (Fsp3) is 0.263. The zero-order valence-electron chi connectivity index (χ0n) is 14.5. The molecule has 2 aliphatic heterocycles. The van der Waals surface area contributed by atoms with Crippen molar-refractivity contribution in [1.82, 2.24) is 9.88 Å². The van der Waals surface area contributed by atoms with Gasteiger partial charge in [-0.25, -0.2) is 13.4 Å². The Bertz CT molecular complexity index is 1150. The first-order valence-electron chi connectivity index (χ1n) is 8.57. The van der Waals surface area contributed by atoms with Crippen molar-refractivity contribution in [1.29, 1.82) is 0 Å². The van der Waals surface area contributed by atoms with Crippen LogP contribution in [0.3, 0.4) is 0 Å². The van der Waals surface area contributed by atoms with Crippen molar-refractivity contribution in [3.8, 4) is 11.1 Å². The topological polar surface area (TPSA) is 80.5 Å². The Morgan fingerprint density at radius 3 is 2.81 bits per heavy atom. The summed E-state index contributed by atoms with van der Waals surface area (Å²) in [4.78, 5) is 19.0. The molecule has 8 heteroatoms. The number of likely N-dealkylation sites (tertiary alicyclic amines) is 1. The first-order valence-corrected chi connectivity index (χ1v) is 11.0. The summed E-state index contributed by atoms with van der Waals surface area (Å²) in [6, 6.07) is 7.26. The van der Waals surface area contributed by atoms with E-state index in [0.29, 0.717) is 17.1 Å². The van der Waals surface area contributed by atoms with E-state index in [-0.39, 0.29) is 18.4 Å². The van der Waals surface area contributed by atoms with Gasteiger partial charge in [-0.05, 0) is 36.2 Å². The van der Waals surface area contributed by atoms with Gasteiger partial charge in [0, 0.05) is 30.0 Å². The summed E-state index contributed by atoms with van der Waals surface area (Å²) in [6.45, 7) is 2.44. The van der Waals surface area contributed by atoms with Gasteiger partial charge in [0.25, 0.3) is 5.91 Å². The van der Waals surface area contributed by atoms with E-state index < -0.39 is 15.1 Å². The third-order valence-electron chi connectivity index (χ3n) is 5.36. The molecule has 5 rings (SSSR count). The molecule has 2 aliphatic rings. The van der Waals surface area contributed by atoms with Crippen molar-refractivity contribution < 1.29 is 17.6 Å². The highest BCUT2D eigenvalue weighted by atomic mass is 32.2. The number of fused-ring (bicyclic) bond motifs is 3. The summed E-state index contributed by atoms with van der Waals surface area (Å²) in [5, 5.41) is 1.96. The molecule has 0 N–H and O–H groups in total. The van der Waals surface area contributed by atoms with Crippen LogP contribution in [0.25, 0.3) is 11.1 Å². The zero-order valence-corrected chi connectivity index (χ0v) is 16.1. The van der Waals surface area contributed by atoms with Gasteiger partial charge in [0.2, 0.25) is 0 Å². The minimum Gasteiger partial charge on any atom is -0.472 e. The lowest BCUT2D eigenvalue weighted by atomic mass is 9.95. The number of rotatable bonds is 2. The zero-order chi connectivity index (χ0) is 18.8. The van der Waals surface area contributed by atoms with Crippen LogP contribution < -0.4 is 0 Å². The molecule has 0 bridgehead atoms. The maximum absolute atomic E-state index is 13.0. The average Bonchev–Trinajstić information content (AvgIpc) is 3.41. The molecule has 0 saturated carbocycles. The fourth-order valence-electron chi connectivity index (χ4n) is 4.05. The minimum atomic E-state index is -3.45. The number of aromatic nitrogens is 1. The molecule has 0 radical (unpaired) electrons. The summed E-state index contributed by atoms with van der Waals surface area (Å²) in [6.07, 6.45) is 3.23. The van der Waals surface area contributed by atoms with Crippen LogP contribution in [0.1, 0.15) is 27.0 Å². The Kier molecular flexibility index (Phi) is 3.57. The van der Waals surface area contributed by atoms with E-state index in [0.717, 1.165) is 21.7 Å². The van der Waals surface area contributed by atoms with Gasteiger partial charge in [-0.15, -0.1) is 11.3 Å². The molecule has 4 heterocycles. The number of carbonyl (C=O) groups excluding carboxylic acids is 1. The van der Waals surface area contributed by atoms with E-state index >= 15 is 0 Å². The number of aryl methyl sites for hydroxylation is 1. The number of thiazole rings is 1. The largest absolute Gasteiger partial charge is 0.472 e. The highest BCUT2D eigenvalue weighted by Gasteiger charge is 2.51. The van der Waals surface area contributed by atoms with Crippen molar-refractivity contribution in [2.24, 2.45) is 0 Å². The van der Waals surface area contributed by atoms with Gasteiger partial charge in [0.15, 0.2) is 9.84 Å². The van der Waals surface area contributed by atoms with E-state index in [9.17, 15) is 13.2 Å². The van der Waals surface area contributed by atoms with Gasteiger partial charge in [-0.2, -0.15) is 0 Å². The number of furan rings is 1. The van der Waals surface area contributed by atoms with Gasteiger partial charge in [0.1, 0.15) is 5.69 Å². The van der Waals surface area contributed by atoms with Crippen LogP contribution in [0.2, 0.25) is 0 Å². The second-order valence-electron chi connectivity index (χ2n) is 6.92. The number of hydrogen-bond acceptors (Lipinski definition) is 6. The number of benzene rings is 1. The highest BCUT2D eigenvalue weighted by molar-refractivity contribution is 7.92. The van der Waals surface area contributed by atoms with Crippen LogP contribution in [0, 0.1) is 6.92 Å². The Labute approximate surface area is 160 Å². The minimum absolute atomic E-state index is 0.198. The number of nitrogens with zero attached hydrogens (tertiary/aromatic N) is 2. The van der Waals surface area contributed by atoms with Crippen molar-refractivity contribution in [3.63, 3.8) is 0 Å². The Morgan fingerprint density at radius 1 is 1.26 bits per heavy atom. The van der Waals surface area contributed by atoms with Crippen LogP contribution in [0.4, 0.5) is 0 Å². The highest BCUT2D eigenvalue weighted by Crippen LogP contribution is 2.46. The van der Waals surface area contributed by atoms with E-state index in [1.807, 2.05) is 25.1 Å². The molecule has 138 valence electrons. The molecule has 1 saturated heterocycles. The number of hydrogen-bond donors (Lipinski definition) is 0. The molecule has 6 nitrogen and oxygen atoms in total. The maximum Gasteiger partial charge on any atom is 0.273 e. The lowest BCUT2D eigenvalue weighted by molar-refractivity contribution is 0.0785. The van der Waals surface area contributed by atoms with E-state index in [1.54, 1.807) is 28.9 Å². The maximum atomic E-state index is 13.0. The molecule has 27 heavy (non-hydrogen) atoms. The van der Waals surface area contributed by atoms with Gasteiger partial charge in [-0.1, -0.05) is 6.07 Å². The summed E-state index contributed by atoms with van der Waals surface area (Å²) in [5.74, 6) is -0.406. The van der Waals surface area contributed by atoms with Crippen molar-refractivity contribution >= 4 is 27.1 Å². The van der Waals surface area contributed by atoms with Crippen molar-refractivity contribution in [2.45, 2.75) is 23.0 Å². The molecule has 2 aromatic heterocycles. The summed E-state index contributed by atoms with van der Waals surface area (Å²) in [5.41, 5.74) is 3.01. The van der Waals surface area contributed by atoms with Gasteiger partial charge in [-0.3, -0.25) is 4.79 Å². The quantitative estimate of drug-likeness (QED) is 0.660. The first-order chi connectivity index (χ1) is 12.9. The number of amides is 1. The molecular weight excluding hydrogens is 384 g/mol. The first kappa shape index (κ1) is 16.7. The molecule has 0 spiro atoms. The monoisotopic (exact) mass is 400 g/mol. The Morgan fingerprint density at radius 2 is 2.11 bits per heavy atom. The van der Waals surface area contributed by atoms with Gasteiger partial charge >= 0.3 is 0 Å². The Hall–Kier alpha value is -2.45. The summed E-state index contributed by atoms with van der Waals surface area (Å²) >= 11 is 1.42. The summed E-state index contributed by atoms with van der Waals surface area (Å²) in [7, 11) is -3.45. The standard InChI is InChI=1S/C19H16N2O4S2/c1-11-20-16(10-26-11)19(22)21-7-15-14-6-12(13-4-5-25-9-13)2-3-17(14)27(23,24)18(15)8-21/h2-6,9-10,15,18H,7-8H2,1H3. The molecule has 1 fully saturated rings. The van der Waals surface area contributed by atoms with Crippen LogP contribution in [0.15, 0.2) is 51.5 Å². The van der Waals surface area contributed by atoms with Crippen LogP contribution in [-0.4, -0.2) is 42.5 Å². The normalized spacial score (nSPS) is 22.6. The van der Waals surface area contributed by atoms with Crippen LogP contribution in [0.5, 0.6) is 0 Å². The van der Waals surface area contributed by atoms with E-state index in [2.05, 4.69) is 4.98 Å². The van der Waals surface area contributed by atoms with E-state index in [1.165, 1.54) is 11.3 Å². The predicted octanol–water partition coefficient (Wildman–Crippen LogP) is 3.11. The lowest BCUT2D eigenvalue weighted by Gasteiger charge is -2.16. The third-order valence-corrected chi connectivity index (χ3v) is 8.39. The second kappa shape index (κ2) is 5.77. The fourth-order valence-corrected chi connectivity index (χ4v) is 6.80. The van der Waals surface area contributed by atoms with Gasteiger partial charge < -0.3 is 9.32 Å². The summed E-state index contributed by atoms with van der Waals surface area (Å²) < 4.78 is 31.1. The molecule has 2 atom stereocenters. The van der Waals surface area contributed by atoms with E-state index in [4.69, 9.17) is 4.42 Å². The van der Waals surface area contributed by atoms with Crippen molar-refractivity contribution in [2.75, 3.05) is 13.1 Å². The predicted molar refractivity (Wildman–Crippen MR) is 101 cm³/mol. The third kappa shape index (κ3) is 2.47. The van der Waals surface area contributed by atoms with Gasteiger partial charge in [0.05, 0.1) is 27.7 Å². The molecule has 3 aromatic rings. The number of carbonyl (C=O) groups is 1. The lowest BCUT2D eigenvalue weighted by Crippen LogP contribution is -2.31. The molecule has 1 aromatic carbocycles. The smallest absolute Gasteiger partial charge is 0.273 e. The molecule has 1 amide bonds. The molecule has 0 aliphatic carbocycles.